The molecule has 0 radical (unpaired) electrons. The number of likely N-dealkylation sites (tertiary alicyclic amines) is 1. The summed E-state index contributed by atoms with van der Waals surface area (Å²) in [5.74, 6) is 0.730. The molecule has 4 rings (SSSR count). The van der Waals surface area contributed by atoms with Crippen LogP contribution in [0, 0.1) is 0 Å². The molecule has 3 aromatic rings. The summed E-state index contributed by atoms with van der Waals surface area (Å²) in [5.41, 5.74) is 0.836. The third kappa shape index (κ3) is 5.92. The standard InChI is InChI=1S/C24H26N2O6S/c1-2-29-20-13-17(8-9-19(20)30-16-22(27)26-10-4-3-5-11-26)24(28)32-15-18-14-31-23(25-18)21-7-6-12-33-21/h6-9,12-14H,2-5,10-11,15-16H2,1H3. The zero-order valence-corrected chi connectivity index (χ0v) is 19.3. The summed E-state index contributed by atoms with van der Waals surface area (Å²) < 4.78 is 22.2. The van der Waals surface area contributed by atoms with Crippen LogP contribution in [0.1, 0.15) is 42.2 Å². The SMILES string of the molecule is CCOc1cc(C(=O)OCc2coc(-c3cccs3)n2)ccc1OCC(=O)N1CCCCC1. The van der Waals surface area contributed by atoms with E-state index in [1.54, 1.807) is 18.2 Å². The second-order valence-corrected chi connectivity index (χ2v) is 8.47. The molecule has 0 N–H and O–H groups in total. The van der Waals surface area contributed by atoms with Crippen molar-refractivity contribution in [1.29, 1.82) is 0 Å². The van der Waals surface area contributed by atoms with E-state index in [0.29, 0.717) is 35.3 Å². The molecule has 0 aliphatic carbocycles. The highest BCUT2D eigenvalue weighted by Crippen LogP contribution is 2.29. The van der Waals surface area contributed by atoms with E-state index in [1.807, 2.05) is 29.3 Å². The monoisotopic (exact) mass is 470 g/mol. The Morgan fingerprint density at radius 2 is 1.97 bits per heavy atom. The first-order valence-electron chi connectivity index (χ1n) is 11.0. The van der Waals surface area contributed by atoms with E-state index < -0.39 is 5.97 Å². The number of carbonyl (C=O) groups is 2. The lowest BCUT2D eigenvalue weighted by molar-refractivity contribution is -0.134. The van der Waals surface area contributed by atoms with Crippen molar-refractivity contribution in [3.63, 3.8) is 0 Å². The van der Waals surface area contributed by atoms with Crippen LogP contribution >= 0.6 is 11.3 Å². The molecule has 3 heterocycles. The third-order valence-electron chi connectivity index (χ3n) is 5.17. The quantitative estimate of drug-likeness (QED) is 0.424. The molecule has 1 saturated heterocycles. The minimum Gasteiger partial charge on any atom is -0.490 e. The number of carbonyl (C=O) groups excluding carboxylic acids is 2. The first-order chi connectivity index (χ1) is 16.1. The number of ether oxygens (including phenoxy) is 3. The largest absolute Gasteiger partial charge is 0.490 e. The van der Waals surface area contributed by atoms with Gasteiger partial charge in [-0.3, -0.25) is 4.79 Å². The number of hydrogen-bond acceptors (Lipinski definition) is 8. The van der Waals surface area contributed by atoms with Crippen LogP contribution in [0.5, 0.6) is 11.5 Å². The lowest BCUT2D eigenvalue weighted by Crippen LogP contribution is -2.38. The molecule has 33 heavy (non-hydrogen) atoms. The summed E-state index contributed by atoms with van der Waals surface area (Å²) >= 11 is 1.52. The van der Waals surface area contributed by atoms with Gasteiger partial charge in [-0.05, 0) is 55.8 Å². The van der Waals surface area contributed by atoms with E-state index >= 15 is 0 Å². The second kappa shape index (κ2) is 11.0. The van der Waals surface area contributed by atoms with Crippen molar-refractivity contribution in [2.45, 2.75) is 32.8 Å². The third-order valence-corrected chi connectivity index (χ3v) is 6.03. The van der Waals surface area contributed by atoms with Gasteiger partial charge in [0, 0.05) is 13.1 Å². The van der Waals surface area contributed by atoms with Crippen LogP contribution in [-0.4, -0.2) is 48.1 Å². The molecule has 0 spiro atoms. The van der Waals surface area contributed by atoms with Crippen molar-refractivity contribution in [2.24, 2.45) is 0 Å². The van der Waals surface area contributed by atoms with Crippen molar-refractivity contribution < 1.29 is 28.2 Å². The number of nitrogens with zero attached hydrogens (tertiary/aromatic N) is 2. The first kappa shape index (κ1) is 22.8. The number of esters is 1. The van der Waals surface area contributed by atoms with E-state index in [0.717, 1.165) is 37.2 Å². The van der Waals surface area contributed by atoms with E-state index in [1.165, 1.54) is 17.6 Å². The molecule has 8 nitrogen and oxygen atoms in total. The Morgan fingerprint density at radius 1 is 1.12 bits per heavy atom. The smallest absolute Gasteiger partial charge is 0.338 e. The Morgan fingerprint density at radius 3 is 2.73 bits per heavy atom. The van der Waals surface area contributed by atoms with Crippen LogP contribution in [0.15, 0.2) is 46.4 Å². The summed E-state index contributed by atoms with van der Waals surface area (Å²) in [6, 6.07) is 8.59. The van der Waals surface area contributed by atoms with Crippen LogP contribution < -0.4 is 9.47 Å². The molecule has 1 fully saturated rings. The summed E-state index contributed by atoms with van der Waals surface area (Å²) in [6.07, 6.45) is 4.68. The van der Waals surface area contributed by atoms with Crippen LogP contribution in [0.4, 0.5) is 0 Å². The van der Waals surface area contributed by atoms with Gasteiger partial charge in [0.15, 0.2) is 18.1 Å². The molecule has 0 atom stereocenters. The van der Waals surface area contributed by atoms with Gasteiger partial charge in [0.1, 0.15) is 18.6 Å². The highest BCUT2D eigenvalue weighted by atomic mass is 32.1. The number of aromatic nitrogens is 1. The highest BCUT2D eigenvalue weighted by Gasteiger charge is 2.19. The fourth-order valence-electron chi connectivity index (χ4n) is 3.51. The number of rotatable bonds is 9. The summed E-state index contributed by atoms with van der Waals surface area (Å²) in [4.78, 5) is 32.0. The average Bonchev–Trinajstić information content (AvgIpc) is 3.54. The van der Waals surface area contributed by atoms with Gasteiger partial charge in [-0.15, -0.1) is 11.3 Å². The van der Waals surface area contributed by atoms with Gasteiger partial charge in [0.2, 0.25) is 5.89 Å². The minimum atomic E-state index is -0.521. The van der Waals surface area contributed by atoms with Crippen LogP contribution in [0.3, 0.4) is 0 Å². The molecule has 0 unspecified atom stereocenters. The Kier molecular flexibility index (Phi) is 7.62. The maximum atomic E-state index is 12.6. The number of thiophene rings is 1. The predicted molar refractivity (Wildman–Crippen MR) is 122 cm³/mol. The fraction of sp³-hybridized carbons (Fsp3) is 0.375. The lowest BCUT2D eigenvalue weighted by atomic mass is 10.1. The number of benzene rings is 1. The summed E-state index contributed by atoms with van der Waals surface area (Å²) in [6.45, 7) is 3.68. The lowest BCUT2D eigenvalue weighted by Gasteiger charge is -2.26. The summed E-state index contributed by atoms with van der Waals surface area (Å²) in [7, 11) is 0. The minimum absolute atomic E-state index is 0.0136. The van der Waals surface area contributed by atoms with Gasteiger partial charge in [-0.1, -0.05) is 6.07 Å². The summed E-state index contributed by atoms with van der Waals surface area (Å²) in [5, 5.41) is 1.94. The van der Waals surface area contributed by atoms with Crippen molar-refractivity contribution in [1.82, 2.24) is 9.88 Å². The van der Waals surface area contributed by atoms with E-state index in [2.05, 4.69) is 4.98 Å². The van der Waals surface area contributed by atoms with Gasteiger partial charge < -0.3 is 23.5 Å². The van der Waals surface area contributed by atoms with Crippen molar-refractivity contribution >= 4 is 23.2 Å². The molecule has 1 aliphatic heterocycles. The zero-order valence-electron chi connectivity index (χ0n) is 18.5. The van der Waals surface area contributed by atoms with Crippen LogP contribution in [0.25, 0.3) is 10.8 Å². The fourth-order valence-corrected chi connectivity index (χ4v) is 4.16. The van der Waals surface area contributed by atoms with Crippen molar-refractivity contribution in [3.05, 3.63) is 53.2 Å². The predicted octanol–water partition coefficient (Wildman–Crippen LogP) is 4.55. The van der Waals surface area contributed by atoms with Gasteiger partial charge >= 0.3 is 5.97 Å². The van der Waals surface area contributed by atoms with Crippen molar-refractivity contribution in [2.75, 3.05) is 26.3 Å². The molecule has 0 saturated carbocycles. The normalized spacial score (nSPS) is 13.5. The molecular weight excluding hydrogens is 444 g/mol. The Balaban J connectivity index is 1.35. The molecule has 0 bridgehead atoms. The zero-order chi connectivity index (χ0) is 23.0. The topological polar surface area (TPSA) is 91.1 Å². The Labute approximate surface area is 196 Å². The number of hydrogen-bond donors (Lipinski definition) is 0. The van der Waals surface area contributed by atoms with Crippen LogP contribution in [-0.2, 0) is 16.1 Å². The number of amides is 1. The highest BCUT2D eigenvalue weighted by molar-refractivity contribution is 7.13. The molecule has 2 aromatic heterocycles. The molecule has 1 amide bonds. The van der Waals surface area contributed by atoms with Crippen LogP contribution in [0.2, 0.25) is 0 Å². The molecule has 174 valence electrons. The maximum absolute atomic E-state index is 12.6. The number of piperidine rings is 1. The Hall–Kier alpha value is -3.33. The number of oxazole rings is 1. The van der Waals surface area contributed by atoms with E-state index in [-0.39, 0.29) is 19.1 Å². The second-order valence-electron chi connectivity index (χ2n) is 7.52. The molecule has 1 aromatic carbocycles. The average molecular weight is 471 g/mol. The first-order valence-corrected chi connectivity index (χ1v) is 11.8. The maximum Gasteiger partial charge on any atom is 0.338 e. The molecular formula is C24H26N2O6S. The van der Waals surface area contributed by atoms with E-state index in [4.69, 9.17) is 18.6 Å². The van der Waals surface area contributed by atoms with Crippen molar-refractivity contribution in [3.8, 4) is 22.3 Å². The van der Waals surface area contributed by atoms with Gasteiger partial charge in [-0.25, -0.2) is 9.78 Å². The van der Waals surface area contributed by atoms with E-state index in [9.17, 15) is 9.59 Å². The van der Waals surface area contributed by atoms with Gasteiger partial charge in [0.05, 0.1) is 17.0 Å². The Bertz CT molecular complexity index is 1070. The van der Waals surface area contributed by atoms with Gasteiger partial charge in [-0.2, -0.15) is 0 Å². The molecule has 1 aliphatic rings. The molecule has 9 heteroatoms. The van der Waals surface area contributed by atoms with Gasteiger partial charge in [0.25, 0.3) is 5.91 Å².